The fraction of sp³-hybridized carbons (Fsp3) is 0.417. The molecule has 0 fully saturated rings. The van der Waals surface area contributed by atoms with Gasteiger partial charge in [0.2, 0.25) is 0 Å². The molecule has 0 N–H and O–H groups in total. The van der Waals surface area contributed by atoms with Crippen molar-refractivity contribution >= 4 is 5.65 Å². The van der Waals surface area contributed by atoms with E-state index in [4.69, 9.17) is 0 Å². The van der Waals surface area contributed by atoms with Gasteiger partial charge in [-0.2, -0.15) is 0 Å². The molecule has 0 aromatic carbocycles. The van der Waals surface area contributed by atoms with E-state index in [0.29, 0.717) is 11.7 Å². The van der Waals surface area contributed by atoms with Crippen molar-refractivity contribution in [1.29, 1.82) is 0 Å². The highest BCUT2D eigenvalue weighted by molar-refractivity contribution is 5.40. The number of hydrogen-bond acceptors (Lipinski definition) is 2. The Morgan fingerprint density at radius 3 is 2.94 bits per heavy atom. The van der Waals surface area contributed by atoms with Crippen LogP contribution >= 0.6 is 0 Å². The zero-order chi connectivity index (χ0) is 11.7. The molecule has 0 saturated heterocycles. The first kappa shape index (κ1) is 11.1. The summed E-state index contributed by atoms with van der Waals surface area (Å²) in [4.78, 5) is 6.35. The Bertz CT molecular complexity index is 490. The molecule has 2 aromatic rings. The fourth-order valence-corrected chi connectivity index (χ4v) is 1.64. The van der Waals surface area contributed by atoms with Gasteiger partial charge in [0.25, 0.3) is 0 Å². The number of imidazole rings is 1. The third kappa shape index (κ3) is 2.07. The van der Waals surface area contributed by atoms with Crippen LogP contribution in [0.1, 0.15) is 12.6 Å². The van der Waals surface area contributed by atoms with Crippen LogP contribution in [0.5, 0.6) is 0 Å². The lowest BCUT2D eigenvalue weighted by Gasteiger charge is -2.19. The van der Waals surface area contributed by atoms with E-state index in [0.717, 1.165) is 12.1 Å². The Morgan fingerprint density at radius 1 is 1.50 bits per heavy atom. The molecule has 0 saturated carbocycles. The minimum absolute atomic E-state index is 0.245. The first-order chi connectivity index (χ1) is 7.58. The van der Waals surface area contributed by atoms with Crippen molar-refractivity contribution in [2.24, 2.45) is 0 Å². The number of pyridine rings is 1. The first-order valence-electron chi connectivity index (χ1n) is 5.36. The second kappa shape index (κ2) is 4.22. The zero-order valence-electron chi connectivity index (χ0n) is 9.81. The summed E-state index contributed by atoms with van der Waals surface area (Å²) >= 11 is 0. The standard InChI is InChI=1S/C12H16FN3/c1-9(15(2)3)6-11-8-14-12-7-10(13)4-5-16(11)12/h4-5,7-9H,6H2,1-3H3. The molecule has 0 bridgehead atoms. The topological polar surface area (TPSA) is 20.5 Å². The summed E-state index contributed by atoms with van der Waals surface area (Å²) in [6.07, 6.45) is 4.45. The van der Waals surface area contributed by atoms with E-state index < -0.39 is 0 Å². The normalized spacial score (nSPS) is 13.6. The van der Waals surface area contributed by atoms with E-state index in [1.807, 2.05) is 24.7 Å². The molecule has 2 aromatic heterocycles. The Hall–Kier alpha value is -1.42. The highest BCUT2D eigenvalue weighted by atomic mass is 19.1. The van der Waals surface area contributed by atoms with Crippen LogP contribution in [-0.4, -0.2) is 34.4 Å². The van der Waals surface area contributed by atoms with Gasteiger partial charge in [-0.1, -0.05) is 0 Å². The molecule has 0 amide bonds. The molecule has 0 radical (unpaired) electrons. The van der Waals surface area contributed by atoms with Gasteiger partial charge in [0.15, 0.2) is 0 Å². The van der Waals surface area contributed by atoms with Crippen molar-refractivity contribution in [2.45, 2.75) is 19.4 Å². The summed E-state index contributed by atoms with van der Waals surface area (Å²) in [5.41, 5.74) is 1.78. The SMILES string of the molecule is CC(Cc1cnc2cc(F)ccn12)N(C)C. The van der Waals surface area contributed by atoms with Crippen molar-refractivity contribution in [3.05, 3.63) is 36.0 Å². The van der Waals surface area contributed by atoms with E-state index in [1.165, 1.54) is 12.1 Å². The van der Waals surface area contributed by atoms with Gasteiger partial charge in [0.05, 0.1) is 0 Å². The largest absolute Gasteiger partial charge is 0.306 e. The maximum Gasteiger partial charge on any atom is 0.139 e. The first-order valence-corrected chi connectivity index (χ1v) is 5.36. The average molecular weight is 221 g/mol. The van der Waals surface area contributed by atoms with Crippen LogP contribution in [-0.2, 0) is 6.42 Å². The van der Waals surface area contributed by atoms with Gasteiger partial charge in [0.1, 0.15) is 11.5 Å². The Labute approximate surface area is 94.5 Å². The molecule has 16 heavy (non-hydrogen) atoms. The molecule has 0 aliphatic rings. The maximum atomic E-state index is 13.0. The van der Waals surface area contributed by atoms with E-state index in [2.05, 4.69) is 16.8 Å². The van der Waals surface area contributed by atoms with Crippen LogP contribution in [0.15, 0.2) is 24.5 Å². The van der Waals surface area contributed by atoms with Crippen molar-refractivity contribution in [2.75, 3.05) is 14.1 Å². The lowest BCUT2D eigenvalue weighted by Crippen LogP contribution is -2.27. The zero-order valence-corrected chi connectivity index (χ0v) is 9.81. The molecule has 3 nitrogen and oxygen atoms in total. The molecule has 86 valence electrons. The Balaban J connectivity index is 2.32. The number of rotatable bonds is 3. The highest BCUT2D eigenvalue weighted by Crippen LogP contribution is 2.11. The molecule has 0 aliphatic carbocycles. The van der Waals surface area contributed by atoms with E-state index in [-0.39, 0.29) is 5.82 Å². The van der Waals surface area contributed by atoms with Crippen molar-refractivity contribution in [3.63, 3.8) is 0 Å². The quantitative estimate of drug-likeness (QED) is 0.790. The van der Waals surface area contributed by atoms with Gasteiger partial charge in [-0.25, -0.2) is 9.37 Å². The molecule has 2 heterocycles. The number of fused-ring (bicyclic) bond motifs is 1. The third-order valence-corrected chi connectivity index (χ3v) is 2.94. The third-order valence-electron chi connectivity index (χ3n) is 2.94. The van der Waals surface area contributed by atoms with Crippen molar-refractivity contribution in [3.8, 4) is 0 Å². The van der Waals surface area contributed by atoms with Crippen LogP contribution in [0.2, 0.25) is 0 Å². The van der Waals surface area contributed by atoms with E-state index >= 15 is 0 Å². The predicted octanol–water partition coefficient (Wildman–Crippen LogP) is 1.97. The van der Waals surface area contributed by atoms with Crippen LogP contribution in [0.4, 0.5) is 4.39 Å². The number of nitrogens with zero attached hydrogens (tertiary/aromatic N) is 3. The van der Waals surface area contributed by atoms with Crippen LogP contribution < -0.4 is 0 Å². The molecule has 1 atom stereocenters. The minimum atomic E-state index is -0.245. The van der Waals surface area contributed by atoms with Gasteiger partial charge >= 0.3 is 0 Å². The lowest BCUT2D eigenvalue weighted by atomic mass is 10.2. The summed E-state index contributed by atoms with van der Waals surface area (Å²) in [5.74, 6) is -0.245. The second-order valence-corrected chi connectivity index (χ2v) is 4.34. The molecule has 2 rings (SSSR count). The smallest absolute Gasteiger partial charge is 0.139 e. The second-order valence-electron chi connectivity index (χ2n) is 4.34. The van der Waals surface area contributed by atoms with Crippen LogP contribution in [0.25, 0.3) is 5.65 Å². The van der Waals surface area contributed by atoms with Crippen LogP contribution in [0.3, 0.4) is 0 Å². The number of halogens is 1. The maximum absolute atomic E-state index is 13.0. The molecule has 1 unspecified atom stereocenters. The van der Waals surface area contributed by atoms with Crippen molar-refractivity contribution in [1.82, 2.24) is 14.3 Å². The summed E-state index contributed by atoms with van der Waals surface area (Å²) < 4.78 is 14.9. The van der Waals surface area contributed by atoms with Gasteiger partial charge in [-0.05, 0) is 27.1 Å². The molecule has 0 aliphatic heterocycles. The molecular formula is C12H16FN3. The monoisotopic (exact) mass is 221 g/mol. The molecular weight excluding hydrogens is 205 g/mol. The molecule has 4 heteroatoms. The van der Waals surface area contributed by atoms with Gasteiger partial charge in [-0.15, -0.1) is 0 Å². The lowest BCUT2D eigenvalue weighted by molar-refractivity contribution is 0.310. The number of hydrogen-bond donors (Lipinski definition) is 0. The Morgan fingerprint density at radius 2 is 2.25 bits per heavy atom. The molecule has 0 spiro atoms. The number of aromatic nitrogens is 2. The summed E-state index contributed by atoms with van der Waals surface area (Å²) in [5, 5.41) is 0. The van der Waals surface area contributed by atoms with Gasteiger partial charge in [-0.3, -0.25) is 0 Å². The highest BCUT2D eigenvalue weighted by Gasteiger charge is 2.10. The Kier molecular flexibility index (Phi) is 2.92. The fourth-order valence-electron chi connectivity index (χ4n) is 1.64. The van der Waals surface area contributed by atoms with E-state index in [9.17, 15) is 4.39 Å². The minimum Gasteiger partial charge on any atom is -0.306 e. The summed E-state index contributed by atoms with van der Waals surface area (Å²) in [6.45, 7) is 2.16. The number of likely N-dealkylation sites (N-methyl/N-ethyl adjacent to an activating group) is 1. The predicted molar refractivity (Wildman–Crippen MR) is 62.0 cm³/mol. The average Bonchev–Trinajstić information content (AvgIpc) is 2.60. The van der Waals surface area contributed by atoms with Crippen molar-refractivity contribution < 1.29 is 4.39 Å². The van der Waals surface area contributed by atoms with Gasteiger partial charge < -0.3 is 9.30 Å². The summed E-state index contributed by atoms with van der Waals surface area (Å²) in [7, 11) is 4.10. The van der Waals surface area contributed by atoms with Crippen LogP contribution in [0, 0.1) is 5.82 Å². The van der Waals surface area contributed by atoms with E-state index in [1.54, 1.807) is 6.20 Å². The van der Waals surface area contributed by atoms with Gasteiger partial charge in [0, 0.05) is 36.6 Å². The summed E-state index contributed by atoms with van der Waals surface area (Å²) in [6, 6.07) is 3.34.